The van der Waals surface area contributed by atoms with E-state index in [2.05, 4.69) is 38.8 Å². The van der Waals surface area contributed by atoms with E-state index in [0.29, 0.717) is 17.7 Å². The number of aromatic nitrogens is 2. The third-order valence-corrected chi connectivity index (χ3v) is 10.5. The molecule has 10 heteroatoms. The fourth-order valence-electron chi connectivity index (χ4n) is 4.42. The van der Waals surface area contributed by atoms with Gasteiger partial charge in [-0.2, -0.15) is 0 Å². The summed E-state index contributed by atoms with van der Waals surface area (Å²) in [6.07, 6.45) is 6.61. The summed E-state index contributed by atoms with van der Waals surface area (Å²) in [4.78, 5) is 30.9. The number of hydrogen-bond acceptors (Lipinski definition) is 6. The maximum absolute atomic E-state index is 13.8. The van der Waals surface area contributed by atoms with Gasteiger partial charge in [0.15, 0.2) is 0 Å². The molecule has 34 heavy (non-hydrogen) atoms. The molecule has 3 aromatic heterocycles. The van der Waals surface area contributed by atoms with E-state index in [1.807, 2.05) is 23.6 Å². The quantitative estimate of drug-likeness (QED) is 0.103. The van der Waals surface area contributed by atoms with E-state index in [4.69, 9.17) is 7.96 Å². The van der Waals surface area contributed by atoms with Crippen LogP contribution in [0.4, 0.5) is 0 Å². The molecule has 0 fully saturated rings. The number of carbonyl (C=O) groups excluding carboxylic acids is 2. The molecular formula is C24H21Br2N3O2S2Se. The zero-order valence-electron chi connectivity index (χ0n) is 18.4. The van der Waals surface area contributed by atoms with E-state index >= 15 is 0 Å². The molecule has 2 amide bonds. The third-order valence-electron chi connectivity index (χ3n) is 6.00. The van der Waals surface area contributed by atoms with Gasteiger partial charge in [-0.25, -0.2) is 0 Å². The van der Waals surface area contributed by atoms with Crippen molar-refractivity contribution in [1.82, 2.24) is 12.9 Å². The van der Waals surface area contributed by atoms with Crippen LogP contribution in [-0.4, -0.2) is 46.2 Å². The van der Waals surface area contributed by atoms with Crippen molar-refractivity contribution in [3.05, 3.63) is 43.0 Å². The Morgan fingerprint density at radius 3 is 2.12 bits per heavy atom. The zero-order chi connectivity index (χ0) is 23.8. The Balaban J connectivity index is 1.63. The molecule has 1 aromatic carbocycles. The predicted molar refractivity (Wildman–Crippen MR) is 147 cm³/mol. The average Bonchev–Trinajstić information content (AvgIpc) is 3.60. The number of benzene rings is 1. The first-order chi connectivity index (χ1) is 16.5. The second-order valence-corrected chi connectivity index (χ2v) is 13.6. The van der Waals surface area contributed by atoms with Crippen LogP contribution in [0, 0.1) is 0 Å². The minimum absolute atomic E-state index is 0.206. The first-order valence-electron chi connectivity index (χ1n) is 11.2. The molecular weight excluding hydrogens is 665 g/mol. The van der Waals surface area contributed by atoms with Crippen LogP contribution in [-0.2, 0) is 0 Å². The molecule has 1 aliphatic heterocycles. The molecule has 0 atom stereocenters. The predicted octanol–water partition coefficient (Wildman–Crippen LogP) is 7.63. The van der Waals surface area contributed by atoms with Crippen LogP contribution in [0.2, 0.25) is 0 Å². The molecule has 0 radical (unpaired) electrons. The molecule has 0 N–H and O–H groups in total. The van der Waals surface area contributed by atoms with Gasteiger partial charge in [-0.15, -0.1) is 0 Å². The van der Waals surface area contributed by atoms with E-state index in [-0.39, 0.29) is 26.8 Å². The standard InChI is InChI=1S/C24H21Br2N3O2S2Se/c1-2-3-4-5-6-7-10-29-23(30)19-17(14-8-9-16(26)33-14)21-22(28-34-27-21)18(20(19)24(29)31)15-11-13(25)12-32-15/h8-9,11-12H,2-7,10H2,1H3. The molecule has 4 heterocycles. The van der Waals surface area contributed by atoms with Crippen molar-refractivity contribution in [1.29, 1.82) is 0 Å². The van der Waals surface area contributed by atoms with Crippen molar-refractivity contribution in [2.75, 3.05) is 6.54 Å². The van der Waals surface area contributed by atoms with Gasteiger partial charge in [0, 0.05) is 0 Å². The number of thiophene rings is 2. The van der Waals surface area contributed by atoms with Gasteiger partial charge in [-0.3, -0.25) is 0 Å². The van der Waals surface area contributed by atoms with Crippen molar-refractivity contribution in [3.8, 4) is 20.9 Å². The van der Waals surface area contributed by atoms with Crippen LogP contribution in [0.5, 0.6) is 0 Å². The molecule has 0 saturated heterocycles. The summed E-state index contributed by atoms with van der Waals surface area (Å²) in [7, 11) is 0. The summed E-state index contributed by atoms with van der Waals surface area (Å²) >= 11 is 9.88. The Morgan fingerprint density at radius 2 is 1.53 bits per heavy atom. The fraction of sp³-hybridized carbons (Fsp3) is 0.333. The van der Waals surface area contributed by atoms with Crippen molar-refractivity contribution < 1.29 is 9.59 Å². The summed E-state index contributed by atoms with van der Waals surface area (Å²) in [6.45, 7) is 2.64. The molecule has 0 spiro atoms. The van der Waals surface area contributed by atoms with Gasteiger partial charge < -0.3 is 0 Å². The molecule has 0 bridgehead atoms. The Kier molecular flexibility index (Phi) is 7.54. The normalized spacial score (nSPS) is 13.4. The monoisotopic (exact) mass is 685 g/mol. The molecule has 0 unspecified atom stereocenters. The van der Waals surface area contributed by atoms with Crippen molar-refractivity contribution in [2.45, 2.75) is 45.4 Å². The number of fused-ring (bicyclic) bond motifs is 2. The summed E-state index contributed by atoms with van der Waals surface area (Å²) in [6, 6.07) is 5.95. The number of hydrogen-bond donors (Lipinski definition) is 0. The Morgan fingerprint density at radius 1 is 0.882 bits per heavy atom. The number of nitrogens with zero attached hydrogens (tertiary/aromatic N) is 3. The molecule has 0 saturated carbocycles. The molecule has 5 rings (SSSR count). The Hall–Kier alpha value is -1.16. The van der Waals surface area contributed by atoms with E-state index in [1.165, 1.54) is 24.2 Å². The number of carbonyl (C=O) groups is 2. The van der Waals surface area contributed by atoms with Crippen LogP contribution in [0.15, 0.2) is 31.8 Å². The van der Waals surface area contributed by atoms with Gasteiger partial charge in [-0.1, -0.05) is 13.3 Å². The Labute approximate surface area is 229 Å². The summed E-state index contributed by atoms with van der Waals surface area (Å²) in [5.74, 6) is -0.412. The molecule has 176 valence electrons. The Bertz CT molecular complexity index is 1300. The molecule has 1 aliphatic rings. The molecule has 5 nitrogen and oxygen atoms in total. The summed E-state index contributed by atoms with van der Waals surface area (Å²) < 4.78 is 11.4. The second kappa shape index (κ2) is 10.4. The second-order valence-electron chi connectivity index (χ2n) is 8.22. The van der Waals surface area contributed by atoms with Crippen LogP contribution in [0.25, 0.3) is 31.9 Å². The van der Waals surface area contributed by atoms with Crippen molar-refractivity contribution in [2.24, 2.45) is 0 Å². The number of imide groups is 1. The van der Waals surface area contributed by atoms with E-state index in [9.17, 15) is 9.59 Å². The minimum atomic E-state index is -0.297. The van der Waals surface area contributed by atoms with Crippen molar-refractivity contribution in [3.63, 3.8) is 0 Å². The van der Waals surface area contributed by atoms with Gasteiger partial charge in [0.25, 0.3) is 0 Å². The summed E-state index contributed by atoms with van der Waals surface area (Å²) in [5.41, 5.74) is 3.98. The molecule has 4 aromatic rings. The molecule has 0 aliphatic carbocycles. The first-order valence-corrected chi connectivity index (χ1v) is 16.0. The van der Waals surface area contributed by atoms with Crippen LogP contribution >= 0.6 is 54.5 Å². The van der Waals surface area contributed by atoms with E-state index < -0.39 is 0 Å². The topological polar surface area (TPSA) is 63.2 Å². The zero-order valence-corrected chi connectivity index (χ0v) is 24.9. The van der Waals surface area contributed by atoms with E-state index in [1.54, 1.807) is 22.7 Å². The van der Waals surface area contributed by atoms with Gasteiger partial charge in [0.2, 0.25) is 0 Å². The first kappa shape index (κ1) is 24.5. The van der Waals surface area contributed by atoms with Crippen LogP contribution in [0.3, 0.4) is 0 Å². The van der Waals surface area contributed by atoms with Crippen molar-refractivity contribution >= 4 is 92.3 Å². The number of rotatable bonds is 9. The third kappa shape index (κ3) is 4.42. The average molecular weight is 686 g/mol. The van der Waals surface area contributed by atoms with E-state index in [0.717, 1.165) is 59.4 Å². The van der Waals surface area contributed by atoms with Crippen LogP contribution < -0.4 is 0 Å². The SMILES string of the molecule is CCCCCCCCN1C(=O)c2c(c(-c3ccc(Br)s3)c3n[se]nc3c2-c2cc(Br)cs2)C1=O. The summed E-state index contributed by atoms with van der Waals surface area (Å²) in [5, 5.41) is 1.99. The van der Waals surface area contributed by atoms with Gasteiger partial charge >= 0.3 is 217 Å². The number of unbranched alkanes of at least 4 members (excludes halogenated alkanes) is 5. The number of halogens is 2. The van der Waals surface area contributed by atoms with Gasteiger partial charge in [-0.05, 0) is 0 Å². The van der Waals surface area contributed by atoms with Gasteiger partial charge in [0.05, 0.1) is 0 Å². The number of amides is 2. The fourth-order valence-corrected chi connectivity index (χ4v) is 8.51. The van der Waals surface area contributed by atoms with Gasteiger partial charge in [0.1, 0.15) is 0 Å². The van der Waals surface area contributed by atoms with Crippen LogP contribution in [0.1, 0.15) is 66.2 Å². The maximum atomic E-state index is 13.8.